The number of nitrogens with one attached hydrogen (secondary N) is 1. The summed E-state index contributed by atoms with van der Waals surface area (Å²) in [5, 5.41) is 3.61. The number of carbonyl (C=O) groups excluding carboxylic acids is 1. The molecule has 6 heteroatoms. The molecule has 2 aromatic carbocycles. The van der Waals surface area contributed by atoms with Gasteiger partial charge in [0, 0.05) is 35.5 Å². The van der Waals surface area contributed by atoms with Crippen molar-refractivity contribution < 1.29 is 14.3 Å². The molecular formula is C23H27BrN2O3. The van der Waals surface area contributed by atoms with Crippen molar-refractivity contribution in [2.75, 3.05) is 38.3 Å². The highest BCUT2D eigenvalue weighted by atomic mass is 79.9. The van der Waals surface area contributed by atoms with Crippen LogP contribution in [-0.2, 0) is 21.5 Å². The molecule has 0 aliphatic carbocycles. The molecule has 1 fully saturated rings. The molecular weight excluding hydrogens is 432 g/mol. The Morgan fingerprint density at radius 1 is 1.24 bits per heavy atom. The van der Waals surface area contributed by atoms with Gasteiger partial charge in [0.05, 0.1) is 13.7 Å². The van der Waals surface area contributed by atoms with Gasteiger partial charge in [0.25, 0.3) is 0 Å². The van der Waals surface area contributed by atoms with Crippen molar-refractivity contribution in [3.8, 4) is 5.75 Å². The predicted molar refractivity (Wildman–Crippen MR) is 118 cm³/mol. The Kier molecular flexibility index (Phi) is 6.23. The number of anilines is 1. The molecule has 29 heavy (non-hydrogen) atoms. The van der Waals surface area contributed by atoms with Crippen molar-refractivity contribution in [3.05, 3.63) is 58.1 Å². The van der Waals surface area contributed by atoms with Crippen LogP contribution in [0.4, 0.5) is 5.69 Å². The van der Waals surface area contributed by atoms with Gasteiger partial charge >= 0.3 is 0 Å². The highest BCUT2D eigenvalue weighted by molar-refractivity contribution is 9.10. The number of aryl methyl sites for hydroxylation is 1. The van der Waals surface area contributed by atoms with Crippen LogP contribution >= 0.6 is 15.9 Å². The first-order valence-corrected chi connectivity index (χ1v) is 11.0. The molecule has 2 heterocycles. The lowest BCUT2D eigenvalue weighted by Crippen LogP contribution is -2.51. The number of hydrogen-bond acceptors (Lipinski definition) is 4. The Morgan fingerprint density at radius 3 is 2.83 bits per heavy atom. The number of methoxy groups -OCH3 is 1. The number of amides is 1. The normalized spacial score (nSPS) is 18.2. The van der Waals surface area contributed by atoms with Gasteiger partial charge in [0.2, 0.25) is 5.91 Å². The van der Waals surface area contributed by atoms with Gasteiger partial charge in [-0.3, -0.25) is 10.1 Å². The first-order valence-electron chi connectivity index (χ1n) is 10.2. The molecule has 1 N–H and O–H groups in total. The lowest BCUT2D eigenvalue weighted by molar-refractivity contribution is -0.118. The Balaban J connectivity index is 1.52. The van der Waals surface area contributed by atoms with Crippen LogP contribution in [0, 0.1) is 0 Å². The van der Waals surface area contributed by atoms with Crippen LogP contribution in [0.1, 0.15) is 30.4 Å². The lowest BCUT2D eigenvalue weighted by Gasteiger charge is -2.39. The highest BCUT2D eigenvalue weighted by Crippen LogP contribution is 2.34. The molecule has 2 aliphatic heterocycles. The molecule has 2 aromatic rings. The summed E-state index contributed by atoms with van der Waals surface area (Å²) in [6, 6.07) is 14.3. The van der Waals surface area contributed by atoms with Crippen molar-refractivity contribution in [2.24, 2.45) is 0 Å². The first kappa shape index (κ1) is 20.4. The first-order chi connectivity index (χ1) is 14.1. The largest absolute Gasteiger partial charge is 0.497 e. The van der Waals surface area contributed by atoms with Crippen LogP contribution in [0.15, 0.2) is 46.9 Å². The van der Waals surface area contributed by atoms with E-state index in [-0.39, 0.29) is 11.4 Å². The number of carbonyl (C=O) groups is 1. The van der Waals surface area contributed by atoms with Crippen molar-refractivity contribution in [2.45, 2.75) is 31.2 Å². The van der Waals surface area contributed by atoms with E-state index in [2.05, 4.69) is 33.4 Å². The fourth-order valence-corrected chi connectivity index (χ4v) is 4.77. The molecule has 2 aliphatic rings. The maximum atomic E-state index is 13.2. The van der Waals surface area contributed by atoms with E-state index in [9.17, 15) is 4.79 Å². The van der Waals surface area contributed by atoms with Crippen LogP contribution in [0.25, 0.3) is 0 Å². The smallest absolute Gasteiger partial charge is 0.240 e. The van der Waals surface area contributed by atoms with E-state index in [1.807, 2.05) is 35.2 Å². The average Bonchev–Trinajstić information content (AvgIpc) is 2.77. The number of fused-ring (bicyclic) bond motifs is 1. The summed E-state index contributed by atoms with van der Waals surface area (Å²) in [5.74, 6) is 0.948. The van der Waals surface area contributed by atoms with Crippen molar-refractivity contribution in [3.63, 3.8) is 0 Å². The second-order valence-corrected chi connectivity index (χ2v) is 8.62. The van der Waals surface area contributed by atoms with Crippen LogP contribution in [0.5, 0.6) is 5.75 Å². The minimum Gasteiger partial charge on any atom is -0.497 e. The number of nitrogens with zero attached hydrogens (tertiary/aromatic N) is 1. The zero-order valence-electron chi connectivity index (χ0n) is 16.7. The summed E-state index contributed by atoms with van der Waals surface area (Å²) < 4.78 is 12.0. The summed E-state index contributed by atoms with van der Waals surface area (Å²) in [6.07, 6.45) is 3.65. The number of halogens is 1. The molecule has 0 bridgehead atoms. The van der Waals surface area contributed by atoms with Gasteiger partial charge < -0.3 is 14.4 Å². The van der Waals surface area contributed by atoms with Gasteiger partial charge in [-0.25, -0.2) is 0 Å². The quantitative estimate of drug-likeness (QED) is 0.734. The zero-order valence-corrected chi connectivity index (χ0v) is 18.3. The molecule has 0 saturated carbocycles. The fraction of sp³-hybridized carbons (Fsp3) is 0.435. The van der Waals surface area contributed by atoms with Crippen LogP contribution in [-0.4, -0.2) is 39.3 Å². The Labute approximate surface area is 180 Å². The van der Waals surface area contributed by atoms with E-state index >= 15 is 0 Å². The van der Waals surface area contributed by atoms with Crippen molar-refractivity contribution >= 4 is 27.5 Å². The second-order valence-electron chi connectivity index (χ2n) is 7.70. The van der Waals surface area contributed by atoms with Gasteiger partial charge in [0.15, 0.2) is 0 Å². The van der Waals surface area contributed by atoms with Gasteiger partial charge in [0.1, 0.15) is 5.75 Å². The number of rotatable bonds is 5. The fourth-order valence-electron chi connectivity index (χ4n) is 4.37. The Morgan fingerprint density at radius 2 is 2.07 bits per heavy atom. The summed E-state index contributed by atoms with van der Waals surface area (Å²) in [4.78, 5) is 15.1. The van der Waals surface area contributed by atoms with Gasteiger partial charge in [-0.15, -0.1) is 0 Å². The topological polar surface area (TPSA) is 50.8 Å². The maximum Gasteiger partial charge on any atom is 0.240 e. The average molecular weight is 459 g/mol. The molecule has 0 radical (unpaired) electrons. The number of ether oxygens (including phenoxy) is 2. The van der Waals surface area contributed by atoms with Gasteiger partial charge in [-0.05, 0) is 67.1 Å². The third-order valence-electron chi connectivity index (χ3n) is 6.01. The monoisotopic (exact) mass is 458 g/mol. The number of benzene rings is 2. The SMILES string of the molecule is COc1ccc2c(c1)CCCN2C(=O)CNC1(c2cccc(Br)c2)CCOCC1. The highest BCUT2D eigenvalue weighted by Gasteiger charge is 2.35. The standard InChI is InChI=1S/C23H27BrN2O3/c1-28-20-7-8-21-17(14-20)4-3-11-26(21)22(27)16-25-23(9-12-29-13-10-23)18-5-2-6-19(24)15-18/h2,5-8,14-15,25H,3-4,9-13,16H2,1H3. The molecule has 0 aromatic heterocycles. The zero-order chi connectivity index (χ0) is 20.3. The van der Waals surface area contributed by atoms with E-state index in [0.717, 1.165) is 48.1 Å². The van der Waals surface area contributed by atoms with Crippen LogP contribution in [0.2, 0.25) is 0 Å². The maximum absolute atomic E-state index is 13.2. The van der Waals surface area contributed by atoms with Crippen LogP contribution in [0.3, 0.4) is 0 Å². The molecule has 0 spiro atoms. The summed E-state index contributed by atoms with van der Waals surface area (Å²) in [5.41, 5.74) is 3.15. The third-order valence-corrected chi connectivity index (χ3v) is 6.50. The summed E-state index contributed by atoms with van der Waals surface area (Å²) >= 11 is 3.58. The van der Waals surface area contributed by atoms with Crippen molar-refractivity contribution in [1.29, 1.82) is 0 Å². The van der Waals surface area contributed by atoms with E-state index in [0.29, 0.717) is 19.8 Å². The minimum absolute atomic E-state index is 0.108. The molecule has 0 atom stereocenters. The number of hydrogen-bond donors (Lipinski definition) is 1. The summed E-state index contributed by atoms with van der Waals surface area (Å²) in [7, 11) is 1.67. The molecule has 5 nitrogen and oxygen atoms in total. The van der Waals surface area contributed by atoms with Crippen molar-refractivity contribution in [1.82, 2.24) is 5.32 Å². The molecule has 154 valence electrons. The van der Waals surface area contributed by atoms with Gasteiger partial charge in [-0.1, -0.05) is 28.1 Å². The molecule has 4 rings (SSSR count). The van der Waals surface area contributed by atoms with E-state index < -0.39 is 0 Å². The van der Waals surface area contributed by atoms with Gasteiger partial charge in [-0.2, -0.15) is 0 Å². The van der Waals surface area contributed by atoms with E-state index in [1.54, 1.807) is 7.11 Å². The summed E-state index contributed by atoms with van der Waals surface area (Å²) in [6.45, 7) is 2.45. The minimum atomic E-state index is -0.240. The molecule has 0 unspecified atom stereocenters. The predicted octanol–water partition coefficient (Wildman–Crippen LogP) is 4.03. The lowest BCUT2D eigenvalue weighted by atomic mass is 9.82. The Bertz CT molecular complexity index is 880. The van der Waals surface area contributed by atoms with Crippen LogP contribution < -0.4 is 15.0 Å². The van der Waals surface area contributed by atoms with E-state index in [1.165, 1.54) is 11.1 Å². The molecule has 1 saturated heterocycles. The van der Waals surface area contributed by atoms with E-state index in [4.69, 9.17) is 9.47 Å². The Hall–Kier alpha value is -1.89. The second kappa shape index (κ2) is 8.86. The molecule has 1 amide bonds. The third kappa shape index (κ3) is 4.34.